The maximum Gasteiger partial charge on any atom is 0.274 e. The zero-order chi connectivity index (χ0) is 14.4. The van der Waals surface area contributed by atoms with E-state index in [1.165, 1.54) is 11.8 Å². The lowest BCUT2D eigenvalue weighted by molar-refractivity contribution is -0.115. The number of hydrogen-bond donors (Lipinski definition) is 0. The summed E-state index contributed by atoms with van der Waals surface area (Å²) < 4.78 is 3.34. The highest BCUT2D eigenvalue weighted by Crippen LogP contribution is 2.29. The van der Waals surface area contributed by atoms with Crippen molar-refractivity contribution < 1.29 is 4.79 Å². The van der Waals surface area contributed by atoms with Gasteiger partial charge >= 0.3 is 0 Å². The van der Waals surface area contributed by atoms with Gasteiger partial charge in [0.15, 0.2) is 0 Å². The van der Waals surface area contributed by atoms with Crippen LogP contribution in [0.3, 0.4) is 0 Å². The summed E-state index contributed by atoms with van der Waals surface area (Å²) in [5.74, 6) is 0.609. The number of thioether (sulfide) groups is 1. The third-order valence-corrected chi connectivity index (χ3v) is 4.40. The smallest absolute Gasteiger partial charge is 0.274 e. The molecular weight excluding hydrogens is 276 g/mol. The molecule has 20 heavy (non-hydrogen) atoms. The number of Topliss-reactive ketones (excluding diaryl/α,β-unsaturated/α-hetero) is 1. The largest absolute Gasteiger partial charge is 0.298 e. The van der Waals surface area contributed by atoms with E-state index in [1.54, 1.807) is 16.3 Å². The van der Waals surface area contributed by atoms with Gasteiger partial charge in [-0.15, -0.1) is 10.2 Å². The summed E-state index contributed by atoms with van der Waals surface area (Å²) in [6.45, 7) is 7.27. The van der Waals surface area contributed by atoms with E-state index in [0.717, 1.165) is 17.1 Å². The summed E-state index contributed by atoms with van der Waals surface area (Å²) in [4.78, 5) is 11.6. The predicted octanol–water partition coefficient (Wildman–Crippen LogP) is 1.37. The van der Waals surface area contributed by atoms with Crippen LogP contribution in [-0.4, -0.2) is 41.4 Å². The van der Waals surface area contributed by atoms with Crippen LogP contribution in [-0.2, 0) is 4.79 Å². The van der Waals surface area contributed by atoms with Crippen LogP contribution in [0.1, 0.15) is 25.2 Å². The van der Waals surface area contributed by atoms with Crippen molar-refractivity contribution in [2.75, 3.05) is 0 Å². The van der Waals surface area contributed by atoms with E-state index in [0.29, 0.717) is 11.1 Å². The summed E-state index contributed by atoms with van der Waals surface area (Å²) >= 11 is 1.37. The first-order valence-electron chi connectivity index (χ1n) is 6.19. The number of carbonyl (C=O) groups is 1. The molecule has 2 aromatic rings. The average molecular weight is 290 g/mol. The van der Waals surface area contributed by atoms with Gasteiger partial charge in [-0.3, -0.25) is 4.79 Å². The molecule has 1 atom stereocenters. The minimum atomic E-state index is -0.278. The molecule has 8 heteroatoms. The zero-order valence-corrected chi connectivity index (χ0v) is 12.5. The highest BCUT2D eigenvalue weighted by Gasteiger charge is 2.29. The lowest BCUT2D eigenvalue weighted by Gasteiger charge is -2.18. The molecule has 0 fully saturated rings. The van der Waals surface area contributed by atoms with Gasteiger partial charge in [0.05, 0.1) is 11.4 Å². The van der Waals surface area contributed by atoms with Gasteiger partial charge in [-0.1, -0.05) is 11.8 Å². The number of nitrogens with zero attached hydrogens (tertiary/aromatic N) is 6. The first-order valence-corrected chi connectivity index (χ1v) is 7.07. The van der Waals surface area contributed by atoms with E-state index in [4.69, 9.17) is 0 Å². The van der Waals surface area contributed by atoms with E-state index >= 15 is 0 Å². The predicted molar refractivity (Wildman–Crippen MR) is 75.5 cm³/mol. The van der Waals surface area contributed by atoms with Gasteiger partial charge in [-0.05, 0) is 33.8 Å². The van der Waals surface area contributed by atoms with Gasteiger partial charge in [0.2, 0.25) is 5.16 Å². The van der Waals surface area contributed by atoms with Gasteiger partial charge < -0.3 is 0 Å². The molecule has 2 aromatic heterocycles. The highest BCUT2D eigenvalue weighted by atomic mass is 32.2. The lowest BCUT2D eigenvalue weighted by Crippen LogP contribution is -2.27. The molecule has 0 amide bonds. The minimum absolute atomic E-state index is 0.0677. The van der Waals surface area contributed by atoms with Gasteiger partial charge in [0.25, 0.3) is 5.95 Å². The normalized spacial score (nSPS) is 17.8. The molecule has 0 saturated carbocycles. The first kappa shape index (κ1) is 13.0. The van der Waals surface area contributed by atoms with Crippen LogP contribution >= 0.6 is 11.8 Å². The molecule has 3 rings (SSSR count). The van der Waals surface area contributed by atoms with Crippen LogP contribution in [0.5, 0.6) is 0 Å². The second kappa shape index (κ2) is 4.55. The van der Waals surface area contributed by atoms with Crippen molar-refractivity contribution in [1.82, 2.24) is 24.7 Å². The Labute approximate surface area is 120 Å². The molecular formula is C12H14N6OS. The topological polar surface area (TPSA) is 78.0 Å². The molecule has 104 valence electrons. The van der Waals surface area contributed by atoms with Crippen LogP contribution in [0, 0.1) is 13.8 Å². The van der Waals surface area contributed by atoms with Crippen molar-refractivity contribution in [2.45, 2.75) is 38.1 Å². The second-order valence-electron chi connectivity index (χ2n) is 4.78. The molecule has 0 saturated heterocycles. The number of carbonyl (C=O) groups excluding carboxylic acids is 1. The Kier molecular flexibility index (Phi) is 2.97. The van der Waals surface area contributed by atoms with Crippen LogP contribution in [0.2, 0.25) is 0 Å². The summed E-state index contributed by atoms with van der Waals surface area (Å²) in [5, 5.41) is 17.4. The Morgan fingerprint density at radius 1 is 1.30 bits per heavy atom. The van der Waals surface area contributed by atoms with E-state index in [-0.39, 0.29) is 11.0 Å². The van der Waals surface area contributed by atoms with Crippen molar-refractivity contribution >= 4 is 23.3 Å². The molecule has 7 nitrogen and oxygen atoms in total. The van der Waals surface area contributed by atoms with Crippen LogP contribution in [0.15, 0.2) is 16.3 Å². The highest BCUT2D eigenvalue weighted by molar-refractivity contribution is 8.01. The molecule has 1 aliphatic rings. The summed E-state index contributed by atoms with van der Waals surface area (Å²) in [5.41, 5.74) is 2.62. The van der Waals surface area contributed by atoms with Gasteiger partial charge in [0.1, 0.15) is 11.0 Å². The molecule has 0 spiro atoms. The van der Waals surface area contributed by atoms with Crippen molar-refractivity contribution in [3.63, 3.8) is 0 Å². The van der Waals surface area contributed by atoms with Crippen molar-refractivity contribution in [3.8, 4) is 5.95 Å². The number of hydrogen-bond acceptors (Lipinski definition) is 6. The molecule has 0 radical (unpaired) electrons. The Morgan fingerprint density at radius 3 is 2.65 bits per heavy atom. The Morgan fingerprint density at radius 2 is 2.05 bits per heavy atom. The first-order chi connectivity index (χ1) is 9.47. The van der Waals surface area contributed by atoms with E-state index in [9.17, 15) is 4.79 Å². The molecule has 0 bridgehead atoms. The number of ketones is 1. The van der Waals surface area contributed by atoms with E-state index < -0.39 is 0 Å². The molecule has 0 aromatic carbocycles. The lowest BCUT2D eigenvalue weighted by atomic mass is 10.2. The van der Waals surface area contributed by atoms with Crippen molar-refractivity contribution in [3.05, 3.63) is 17.5 Å². The molecule has 0 N–H and O–H groups in total. The van der Waals surface area contributed by atoms with Crippen LogP contribution < -0.4 is 0 Å². The van der Waals surface area contributed by atoms with Gasteiger partial charge in [-0.2, -0.15) is 14.9 Å². The number of aromatic nitrogens is 5. The fraction of sp³-hybridized carbons (Fsp3) is 0.417. The minimum Gasteiger partial charge on any atom is -0.298 e. The molecule has 0 aliphatic carbocycles. The zero-order valence-electron chi connectivity index (χ0n) is 11.7. The summed E-state index contributed by atoms with van der Waals surface area (Å²) in [6.07, 6.45) is 0. The Balaban J connectivity index is 2.10. The third kappa shape index (κ3) is 1.96. The number of fused-ring (bicyclic) bond motifs is 1. The SMILES string of the molecule is CC(=O)[C@@H]1Sc2nnc(-n3nc(C)cc3C)n2N=C1C. The fourth-order valence-corrected chi connectivity index (χ4v) is 3.06. The van der Waals surface area contributed by atoms with Gasteiger partial charge in [0, 0.05) is 5.69 Å². The fourth-order valence-electron chi connectivity index (χ4n) is 2.16. The van der Waals surface area contributed by atoms with Crippen molar-refractivity contribution in [2.24, 2.45) is 5.10 Å². The quantitative estimate of drug-likeness (QED) is 0.834. The van der Waals surface area contributed by atoms with Gasteiger partial charge in [-0.25, -0.2) is 4.68 Å². The van der Waals surface area contributed by atoms with E-state index in [1.807, 2.05) is 26.8 Å². The standard InChI is InChI=1S/C12H14N6OS/c1-6-5-7(2)17(15-6)11-13-14-12-18(11)16-8(3)10(20-12)9(4)19/h5,10H,1-4H3/t10-/m1/s1. The third-order valence-electron chi connectivity index (χ3n) is 3.02. The second-order valence-corrected chi connectivity index (χ2v) is 5.86. The maximum atomic E-state index is 11.6. The maximum absolute atomic E-state index is 11.6. The Bertz CT molecular complexity index is 728. The van der Waals surface area contributed by atoms with Crippen LogP contribution in [0.4, 0.5) is 0 Å². The summed E-state index contributed by atoms with van der Waals surface area (Å²) in [6, 6.07) is 1.96. The number of aryl methyl sites for hydroxylation is 2. The number of rotatable bonds is 2. The van der Waals surface area contributed by atoms with Crippen molar-refractivity contribution in [1.29, 1.82) is 0 Å². The van der Waals surface area contributed by atoms with Crippen LogP contribution in [0.25, 0.3) is 5.95 Å². The van der Waals surface area contributed by atoms with E-state index in [2.05, 4.69) is 20.4 Å². The Hall–Kier alpha value is -1.96. The summed E-state index contributed by atoms with van der Waals surface area (Å²) in [7, 11) is 0. The monoisotopic (exact) mass is 290 g/mol. The molecule has 0 unspecified atom stereocenters. The average Bonchev–Trinajstić information content (AvgIpc) is 2.90. The molecule has 1 aliphatic heterocycles. The molecule has 3 heterocycles.